The first kappa shape index (κ1) is 15.0. The topological polar surface area (TPSA) is 45.2 Å². The van der Waals surface area contributed by atoms with E-state index in [1.165, 1.54) is 0 Å². The highest BCUT2D eigenvalue weighted by atomic mass is 16.2. The molecule has 0 atom stereocenters. The van der Waals surface area contributed by atoms with Crippen LogP contribution < -0.4 is 5.32 Å². The van der Waals surface area contributed by atoms with Crippen molar-refractivity contribution in [2.75, 3.05) is 6.54 Å². The van der Waals surface area contributed by atoms with Crippen LogP contribution in [0.5, 0.6) is 0 Å². The van der Waals surface area contributed by atoms with Crippen molar-refractivity contribution >= 4 is 5.91 Å². The van der Waals surface area contributed by atoms with Crippen LogP contribution in [-0.2, 0) is 11.3 Å². The molecule has 1 aromatic heterocycles. The fraction of sp³-hybridized carbons (Fsp3) is 0.625. The van der Waals surface area contributed by atoms with Crippen LogP contribution in [0.15, 0.2) is 24.5 Å². The molecule has 0 unspecified atom stereocenters. The number of aromatic nitrogens is 1. The highest BCUT2D eigenvalue weighted by molar-refractivity contribution is 5.77. The number of pyridine rings is 1. The van der Waals surface area contributed by atoms with E-state index in [1.54, 1.807) is 12.4 Å². The summed E-state index contributed by atoms with van der Waals surface area (Å²) in [5, 5.41) is 3.37. The lowest BCUT2D eigenvalue weighted by molar-refractivity contribution is -0.132. The Labute approximate surface area is 121 Å². The number of rotatable bonds is 6. The maximum absolute atomic E-state index is 12.4. The minimum absolute atomic E-state index is 0.0653. The molecule has 1 amide bonds. The van der Waals surface area contributed by atoms with Gasteiger partial charge >= 0.3 is 0 Å². The molecule has 0 bridgehead atoms. The second-order valence-electron chi connectivity index (χ2n) is 6.54. The molecule has 0 saturated heterocycles. The number of amides is 1. The largest absolute Gasteiger partial charge is 0.335 e. The summed E-state index contributed by atoms with van der Waals surface area (Å²) in [6.45, 7) is 7.80. The first-order valence-corrected chi connectivity index (χ1v) is 7.39. The molecule has 1 heterocycles. The Bertz CT molecular complexity index is 435. The summed E-state index contributed by atoms with van der Waals surface area (Å²) in [4.78, 5) is 18.4. The normalized spacial score (nSPS) is 15.2. The summed E-state index contributed by atoms with van der Waals surface area (Å²) >= 11 is 0. The van der Waals surface area contributed by atoms with Crippen LogP contribution in [0.4, 0.5) is 0 Å². The molecule has 110 valence electrons. The molecule has 0 aromatic carbocycles. The third-order valence-corrected chi connectivity index (χ3v) is 3.40. The molecule has 20 heavy (non-hydrogen) atoms. The number of carbonyl (C=O) groups is 1. The van der Waals surface area contributed by atoms with Gasteiger partial charge in [-0.25, -0.2) is 0 Å². The molecule has 0 aliphatic heterocycles. The zero-order valence-corrected chi connectivity index (χ0v) is 12.7. The molecule has 1 aromatic rings. The van der Waals surface area contributed by atoms with Crippen molar-refractivity contribution in [3.63, 3.8) is 0 Å². The lowest BCUT2D eigenvalue weighted by Gasteiger charge is -2.25. The summed E-state index contributed by atoms with van der Waals surface area (Å²) in [6, 6.07) is 4.41. The molecule has 4 nitrogen and oxygen atoms in total. The maximum Gasteiger partial charge on any atom is 0.224 e. The molecule has 1 saturated carbocycles. The summed E-state index contributed by atoms with van der Waals surface area (Å²) in [6.07, 6.45) is 6.42. The predicted octanol–water partition coefficient (Wildman–Crippen LogP) is 2.35. The molecular weight excluding hydrogens is 250 g/mol. The van der Waals surface area contributed by atoms with Gasteiger partial charge in [0.2, 0.25) is 5.91 Å². The van der Waals surface area contributed by atoms with E-state index < -0.39 is 0 Å². The van der Waals surface area contributed by atoms with E-state index >= 15 is 0 Å². The monoisotopic (exact) mass is 275 g/mol. The summed E-state index contributed by atoms with van der Waals surface area (Å²) in [7, 11) is 0. The fourth-order valence-corrected chi connectivity index (χ4v) is 2.18. The van der Waals surface area contributed by atoms with E-state index in [2.05, 4.69) is 31.1 Å². The van der Waals surface area contributed by atoms with E-state index in [-0.39, 0.29) is 11.4 Å². The number of hydrogen-bond donors (Lipinski definition) is 1. The third-order valence-electron chi connectivity index (χ3n) is 3.40. The Morgan fingerprint density at radius 1 is 1.35 bits per heavy atom. The zero-order valence-electron chi connectivity index (χ0n) is 12.7. The van der Waals surface area contributed by atoms with E-state index in [4.69, 9.17) is 0 Å². The van der Waals surface area contributed by atoms with E-state index in [1.807, 2.05) is 17.0 Å². The molecule has 1 aliphatic carbocycles. The summed E-state index contributed by atoms with van der Waals surface area (Å²) in [5.74, 6) is 0.251. The standard InChI is InChI=1S/C16H25N3O/c1-16(2,3)18-11-8-15(20)19(14-4-5-14)12-13-6-9-17-10-7-13/h6-7,9-10,14,18H,4-5,8,11-12H2,1-3H3. The Hall–Kier alpha value is -1.42. The van der Waals surface area contributed by atoms with Crippen molar-refractivity contribution < 1.29 is 4.79 Å². The van der Waals surface area contributed by atoms with Gasteiger partial charge in [0.1, 0.15) is 0 Å². The minimum Gasteiger partial charge on any atom is -0.335 e. The fourth-order valence-electron chi connectivity index (χ4n) is 2.18. The Morgan fingerprint density at radius 2 is 2.00 bits per heavy atom. The van der Waals surface area contributed by atoms with Crippen LogP contribution in [-0.4, -0.2) is 33.9 Å². The molecule has 1 fully saturated rings. The van der Waals surface area contributed by atoms with Gasteiger partial charge in [-0.1, -0.05) is 0 Å². The number of nitrogens with zero attached hydrogens (tertiary/aromatic N) is 2. The summed E-state index contributed by atoms with van der Waals surface area (Å²) in [5.41, 5.74) is 1.22. The number of nitrogens with one attached hydrogen (secondary N) is 1. The van der Waals surface area contributed by atoms with E-state index in [0.717, 1.165) is 24.9 Å². The SMILES string of the molecule is CC(C)(C)NCCC(=O)N(Cc1ccncc1)C1CC1. The molecule has 4 heteroatoms. The maximum atomic E-state index is 12.4. The van der Waals surface area contributed by atoms with Crippen molar-refractivity contribution in [1.82, 2.24) is 15.2 Å². The van der Waals surface area contributed by atoms with Gasteiger partial charge in [-0.15, -0.1) is 0 Å². The van der Waals surface area contributed by atoms with E-state index in [0.29, 0.717) is 19.0 Å². The predicted molar refractivity (Wildman–Crippen MR) is 80.2 cm³/mol. The van der Waals surface area contributed by atoms with Crippen LogP contribution in [0.3, 0.4) is 0 Å². The van der Waals surface area contributed by atoms with Gasteiger partial charge in [0.15, 0.2) is 0 Å². The Balaban J connectivity index is 1.87. The Morgan fingerprint density at radius 3 is 2.55 bits per heavy atom. The van der Waals surface area contributed by atoms with Crippen LogP contribution in [0.1, 0.15) is 45.6 Å². The Kier molecular flexibility index (Phi) is 4.76. The van der Waals surface area contributed by atoms with Crippen molar-refractivity contribution in [3.8, 4) is 0 Å². The third kappa shape index (κ3) is 4.93. The first-order chi connectivity index (χ1) is 9.46. The number of hydrogen-bond acceptors (Lipinski definition) is 3. The van der Waals surface area contributed by atoms with E-state index in [9.17, 15) is 4.79 Å². The van der Waals surface area contributed by atoms with Crippen LogP contribution in [0, 0.1) is 0 Å². The first-order valence-electron chi connectivity index (χ1n) is 7.39. The second-order valence-corrected chi connectivity index (χ2v) is 6.54. The lowest BCUT2D eigenvalue weighted by Crippen LogP contribution is -2.40. The number of carbonyl (C=O) groups excluding carboxylic acids is 1. The van der Waals surface area contributed by atoms with Gasteiger partial charge in [-0.3, -0.25) is 9.78 Å². The van der Waals surface area contributed by atoms with Crippen molar-refractivity contribution in [1.29, 1.82) is 0 Å². The average Bonchev–Trinajstić information content (AvgIpc) is 3.19. The second kappa shape index (κ2) is 6.35. The molecule has 1 N–H and O–H groups in total. The van der Waals surface area contributed by atoms with Crippen molar-refractivity contribution in [3.05, 3.63) is 30.1 Å². The molecule has 0 radical (unpaired) electrons. The summed E-state index contributed by atoms with van der Waals surface area (Å²) < 4.78 is 0. The van der Waals surface area contributed by atoms with Gasteiger partial charge in [0, 0.05) is 43.5 Å². The zero-order chi connectivity index (χ0) is 14.6. The molecule has 2 rings (SSSR count). The van der Waals surface area contributed by atoms with Gasteiger partial charge in [-0.2, -0.15) is 0 Å². The molecule has 0 spiro atoms. The quantitative estimate of drug-likeness (QED) is 0.867. The van der Waals surface area contributed by atoms with Crippen LogP contribution >= 0.6 is 0 Å². The highest BCUT2D eigenvalue weighted by Crippen LogP contribution is 2.28. The smallest absolute Gasteiger partial charge is 0.224 e. The van der Waals surface area contributed by atoms with Gasteiger partial charge < -0.3 is 10.2 Å². The van der Waals surface area contributed by atoms with Crippen LogP contribution in [0.25, 0.3) is 0 Å². The van der Waals surface area contributed by atoms with Crippen LogP contribution in [0.2, 0.25) is 0 Å². The van der Waals surface area contributed by atoms with Gasteiger partial charge in [0.05, 0.1) is 0 Å². The molecule has 1 aliphatic rings. The average molecular weight is 275 g/mol. The van der Waals surface area contributed by atoms with Crippen molar-refractivity contribution in [2.24, 2.45) is 0 Å². The van der Waals surface area contributed by atoms with Gasteiger partial charge in [-0.05, 0) is 51.3 Å². The highest BCUT2D eigenvalue weighted by Gasteiger charge is 2.32. The van der Waals surface area contributed by atoms with Crippen molar-refractivity contribution in [2.45, 2.75) is 58.2 Å². The molecular formula is C16H25N3O. The lowest BCUT2D eigenvalue weighted by atomic mass is 10.1. The van der Waals surface area contributed by atoms with Gasteiger partial charge in [0.25, 0.3) is 0 Å². The minimum atomic E-state index is 0.0653.